The van der Waals surface area contributed by atoms with Crippen molar-refractivity contribution in [1.82, 2.24) is 20.9 Å². The summed E-state index contributed by atoms with van der Waals surface area (Å²) in [5.74, 6) is 1.86. The van der Waals surface area contributed by atoms with E-state index in [9.17, 15) is 4.79 Å². The van der Waals surface area contributed by atoms with E-state index in [1.165, 1.54) is 17.7 Å². The number of rotatable bonds is 7. The SMILES string of the molecule is CCNC(=NCC1CCCN(C)C1c1cccs1)NC1CCCC(C(=O)NC2CC2)C1.I. The summed E-state index contributed by atoms with van der Waals surface area (Å²) in [5, 5.41) is 12.5. The van der Waals surface area contributed by atoms with Crippen molar-refractivity contribution in [3.8, 4) is 0 Å². The Morgan fingerprint density at radius 2 is 2.00 bits per heavy atom. The van der Waals surface area contributed by atoms with Gasteiger partial charge in [-0.25, -0.2) is 0 Å². The summed E-state index contributed by atoms with van der Waals surface area (Å²) in [7, 11) is 2.25. The number of thiophene rings is 1. The van der Waals surface area contributed by atoms with Crippen molar-refractivity contribution in [3.05, 3.63) is 22.4 Å². The molecule has 6 nitrogen and oxygen atoms in total. The van der Waals surface area contributed by atoms with E-state index in [2.05, 4.69) is 52.3 Å². The molecule has 3 N–H and O–H groups in total. The Bertz CT molecular complexity index is 739. The van der Waals surface area contributed by atoms with Crippen molar-refractivity contribution in [3.63, 3.8) is 0 Å². The second-order valence-electron chi connectivity index (χ2n) is 9.55. The molecule has 3 fully saturated rings. The predicted molar refractivity (Wildman–Crippen MR) is 144 cm³/mol. The largest absolute Gasteiger partial charge is 0.357 e. The van der Waals surface area contributed by atoms with Crippen LogP contribution in [0.2, 0.25) is 0 Å². The number of nitrogens with zero attached hydrogens (tertiary/aromatic N) is 2. The third-order valence-electron chi connectivity index (χ3n) is 6.98. The predicted octanol–water partition coefficient (Wildman–Crippen LogP) is 4.14. The van der Waals surface area contributed by atoms with E-state index >= 15 is 0 Å². The molecule has 2 heterocycles. The van der Waals surface area contributed by atoms with Crippen LogP contribution in [-0.2, 0) is 4.79 Å². The number of carbonyl (C=O) groups excluding carboxylic acids is 1. The molecule has 1 aromatic rings. The molecule has 2 saturated carbocycles. The number of likely N-dealkylation sites (tertiary alicyclic amines) is 1. The Kier molecular flexibility index (Phi) is 10.1. The first-order chi connectivity index (χ1) is 15.1. The number of guanidine groups is 1. The minimum absolute atomic E-state index is 0. The molecule has 0 radical (unpaired) electrons. The van der Waals surface area contributed by atoms with Crippen molar-refractivity contribution in [2.45, 2.75) is 76.4 Å². The first kappa shape index (κ1) is 25.7. The van der Waals surface area contributed by atoms with Crippen LogP contribution in [0.4, 0.5) is 0 Å². The topological polar surface area (TPSA) is 68.8 Å². The van der Waals surface area contributed by atoms with E-state index in [-0.39, 0.29) is 35.8 Å². The third kappa shape index (κ3) is 7.06. The molecule has 1 aromatic heterocycles. The Hall–Kier alpha value is -0.870. The van der Waals surface area contributed by atoms with Crippen molar-refractivity contribution < 1.29 is 4.79 Å². The summed E-state index contributed by atoms with van der Waals surface area (Å²) in [6.45, 7) is 4.96. The maximum absolute atomic E-state index is 12.5. The molecule has 3 aliphatic rings. The average Bonchev–Trinajstić information content (AvgIpc) is 3.42. The van der Waals surface area contributed by atoms with Gasteiger partial charge in [0.25, 0.3) is 0 Å². The van der Waals surface area contributed by atoms with Gasteiger partial charge in [-0.15, -0.1) is 35.3 Å². The second-order valence-corrected chi connectivity index (χ2v) is 10.5. The van der Waals surface area contributed by atoms with Crippen LogP contribution in [0.5, 0.6) is 0 Å². The number of aliphatic imine (C=N–C) groups is 1. The van der Waals surface area contributed by atoms with Gasteiger partial charge in [0.2, 0.25) is 5.91 Å². The van der Waals surface area contributed by atoms with Crippen LogP contribution in [0.3, 0.4) is 0 Å². The Balaban J connectivity index is 0.00000289. The van der Waals surface area contributed by atoms with Crippen LogP contribution in [0, 0.1) is 11.8 Å². The minimum Gasteiger partial charge on any atom is -0.357 e. The first-order valence-electron chi connectivity index (χ1n) is 12.2. The Labute approximate surface area is 214 Å². The molecule has 1 aliphatic heterocycles. The summed E-state index contributed by atoms with van der Waals surface area (Å²) >= 11 is 1.86. The second kappa shape index (κ2) is 12.6. The lowest BCUT2D eigenvalue weighted by atomic mass is 9.85. The molecule has 180 valence electrons. The van der Waals surface area contributed by atoms with Crippen molar-refractivity contribution in [2.75, 3.05) is 26.7 Å². The van der Waals surface area contributed by atoms with E-state index in [1.807, 2.05) is 11.3 Å². The fourth-order valence-electron chi connectivity index (χ4n) is 5.19. The lowest BCUT2D eigenvalue weighted by molar-refractivity contribution is -0.126. The highest BCUT2D eigenvalue weighted by atomic mass is 127. The number of piperidine rings is 1. The molecule has 0 aromatic carbocycles. The standard InChI is InChI=1S/C24H39N5OS.HI/c1-3-25-24(28-20-9-4-7-17(15-20)23(30)27-19-11-12-19)26-16-18-8-5-13-29(2)22(18)21-10-6-14-31-21;/h6,10,14,17-20,22H,3-5,7-9,11-13,15-16H2,1-2H3,(H,27,30)(H2,25,26,28);1H. The highest BCUT2D eigenvalue weighted by molar-refractivity contribution is 14.0. The molecule has 32 heavy (non-hydrogen) atoms. The van der Waals surface area contributed by atoms with Crippen LogP contribution >= 0.6 is 35.3 Å². The maximum Gasteiger partial charge on any atom is 0.223 e. The van der Waals surface area contributed by atoms with Crippen molar-refractivity contribution in [1.29, 1.82) is 0 Å². The Morgan fingerprint density at radius 1 is 1.16 bits per heavy atom. The molecule has 1 saturated heterocycles. The van der Waals surface area contributed by atoms with Crippen LogP contribution in [0.1, 0.15) is 69.2 Å². The van der Waals surface area contributed by atoms with Crippen molar-refractivity contribution in [2.24, 2.45) is 16.8 Å². The van der Waals surface area contributed by atoms with Gasteiger partial charge >= 0.3 is 0 Å². The van der Waals surface area contributed by atoms with Gasteiger partial charge in [-0.2, -0.15) is 0 Å². The zero-order valence-electron chi connectivity index (χ0n) is 19.5. The van der Waals surface area contributed by atoms with E-state index in [4.69, 9.17) is 4.99 Å². The molecule has 4 rings (SSSR count). The normalized spacial score (nSPS) is 29.1. The average molecular weight is 574 g/mol. The van der Waals surface area contributed by atoms with Gasteiger partial charge < -0.3 is 16.0 Å². The van der Waals surface area contributed by atoms with Gasteiger partial charge in [0.05, 0.1) is 0 Å². The van der Waals surface area contributed by atoms with Crippen LogP contribution < -0.4 is 16.0 Å². The maximum atomic E-state index is 12.5. The summed E-state index contributed by atoms with van der Waals surface area (Å²) in [4.78, 5) is 21.5. The monoisotopic (exact) mass is 573 g/mol. The van der Waals surface area contributed by atoms with E-state index < -0.39 is 0 Å². The van der Waals surface area contributed by atoms with Gasteiger partial charge in [0, 0.05) is 42.0 Å². The smallest absolute Gasteiger partial charge is 0.223 e. The molecule has 0 bridgehead atoms. The number of halogens is 1. The van der Waals surface area contributed by atoms with Crippen LogP contribution in [0.15, 0.2) is 22.5 Å². The van der Waals surface area contributed by atoms with Crippen molar-refractivity contribution >= 4 is 47.2 Å². The summed E-state index contributed by atoms with van der Waals surface area (Å²) in [6, 6.07) is 5.67. The number of amides is 1. The Morgan fingerprint density at radius 3 is 2.72 bits per heavy atom. The van der Waals surface area contributed by atoms with E-state index in [0.29, 0.717) is 24.0 Å². The fourth-order valence-corrected chi connectivity index (χ4v) is 6.17. The van der Waals surface area contributed by atoms with E-state index in [0.717, 1.165) is 64.1 Å². The molecular formula is C24H40IN5OS. The first-order valence-corrected chi connectivity index (χ1v) is 13.1. The molecule has 8 heteroatoms. The lowest BCUT2D eigenvalue weighted by Crippen LogP contribution is -2.47. The summed E-state index contributed by atoms with van der Waals surface area (Å²) in [5.41, 5.74) is 0. The quantitative estimate of drug-likeness (QED) is 0.261. The van der Waals surface area contributed by atoms with Gasteiger partial charge in [-0.3, -0.25) is 14.7 Å². The molecule has 4 atom stereocenters. The molecule has 4 unspecified atom stereocenters. The zero-order valence-corrected chi connectivity index (χ0v) is 22.7. The van der Waals surface area contributed by atoms with Gasteiger partial charge in [-0.05, 0) is 82.8 Å². The minimum atomic E-state index is 0. The van der Waals surface area contributed by atoms with Gasteiger partial charge in [0.1, 0.15) is 0 Å². The highest BCUT2D eigenvalue weighted by Gasteiger charge is 2.33. The molecule has 2 aliphatic carbocycles. The summed E-state index contributed by atoms with van der Waals surface area (Å²) in [6.07, 6.45) is 8.91. The number of nitrogens with one attached hydrogen (secondary N) is 3. The van der Waals surface area contributed by atoms with Gasteiger partial charge in [0.15, 0.2) is 5.96 Å². The number of hydrogen-bond acceptors (Lipinski definition) is 4. The number of carbonyl (C=O) groups is 1. The van der Waals surface area contributed by atoms with Crippen LogP contribution in [-0.4, -0.2) is 55.5 Å². The third-order valence-corrected chi connectivity index (χ3v) is 7.92. The number of hydrogen-bond donors (Lipinski definition) is 3. The lowest BCUT2D eigenvalue weighted by Gasteiger charge is -2.38. The summed E-state index contributed by atoms with van der Waals surface area (Å²) < 4.78 is 0. The molecule has 1 amide bonds. The molecule has 0 spiro atoms. The van der Waals surface area contributed by atoms with Crippen LogP contribution in [0.25, 0.3) is 0 Å². The van der Waals surface area contributed by atoms with Gasteiger partial charge in [-0.1, -0.05) is 12.5 Å². The van der Waals surface area contributed by atoms with E-state index in [1.54, 1.807) is 0 Å². The molecular weight excluding hydrogens is 533 g/mol. The fraction of sp³-hybridized carbons (Fsp3) is 0.750. The zero-order chi connectivity index (χ0) is 21.6. The highest BCUT2D eigenvalue weighted by Crippen LogP contribution is 2.37.